The van der Waals surface area contributed by atoms with Gasteiger partial charge in [-0.1, -0.05) is 84.9 Å². The lowest BCUT2D eigenvalue weighted by molar-refractivity contribution is -0.147. The summed E-state index contributed by atoms with van der Waals surface area (Å²) in [5.74, 6) is -3.69. The van der Waals surface area contributed by atoms with Gasteiger partial charge in [0, 0.05) is 0 Å². The van der Waals surface area contributed by atoms with Gasteiger partial charge in [-0.2, -0.15) is 26.3 Å². The van der Waals surface area contributed by atoms with Gasteiger partial charge >= 0.3 is 30.3 Å². The van der Waals surface area contributed by atoms with Gasteiger partial charge in [0.05, 0.1) is 50.0 Å². The average molecular weight is 916 g/mol. The van der Waals surface area contributed by atoms with Crippen LogP contribution >= 0.6 is 0 Å². The molecule has 6 aromatic rings. The van der Waals surface area contributed by atoms with Crippen molar-refractivity contribution in [3.63, 3.8) is 0 Å². The summed E-state index contributed by atoms with van der Waals surface area (Å²) in [6, 6.07) is 37.5. The Bertz CT molecular complexity index is 2400. The number of alkyl halides is 6. The highest BCUT2D eigenvalue weighted by Crippen LogP contribution is 2.33. The molecule has 6 rings (SSSR count). The van der Waals surface area contributed by atoms with Gasteiger partial charge in [0.1, 0.15) is 24.7 Å². The molecule has 16 heteroatoms. The first-order valence-corrected chi connectivity index (χ1v) is 20.0. The van der Waals surface area contributed by atoms with E-state index in [-0.39, 0.29) is 26.1 Å². The maximum atomic E-state index is 12.8. The number of carbonyl (C=O) groups excluding carboxylic acids is 3. The van der Waals surface area contributed by atoms with Crippen LogP contribution in [-0.2, 0) is 54.2 Å². The average Bonchev–Trinajstić information content (AvgIpc) is 3.31. The van der Waals surface area contributed by atoms with Crippen LogP contribution in [0.25, 0.3) is 22.3 Å². The van der Waals surface area contributed by atoms with E-state index < -0.39 is 59.1 Å². The molecule has 0 fully saturated rings. The fourth-order valence-corrected chi connectivity index (χ4v) is 6.54. The Morgan fingerprint density at radius 2 is 0.879 bits per heavy atom. The van der Waals surface area contributed by atoms with Crippen LogP contribution in [0.4, 0.5) is 26.3 Å². The van der Waals surface area contributed by atoms with E-state index in [1.165, 1.54) is 38.5 Å². The number of ether oxygens (including phenoxy) is 4. The van der Waals surface area contributed by atoms with Gasteiger partial charge in [0.25, 0.3) is 0 Å². The second-order valence-electron chi connectivity index (χ2n) is 14.7. The molecule has 0 bridgehead atoms. The molecule has 6 aromatic carbocycles. The number of halogens is 6. The van der Waals surface area contributed by atoms with E-state index in [0.717, 1.165) is 46.5 Å². The van der Waals surface area contributed by atoms with Crippen molar-refractivity contribution in [1.29, 1.82) is 0 Å². The van der Waals surface area contributed by atoms with Crippen molar-refractivity contribution in [2.45, 2.75) is 50.2 Å². The smallest absolute Gasteiger partial charge is 0.416 e. The highest BCUT2D eigenvalue weighted by Gasteiger charge is 2.31. The third kappa shape index (κ3) is 14.2. The Hall–Kier alpha value is -7.62. The number of benzene rings is 6. The summed E-state index contributed by atoms with van der Waals surface area (Å²) in [4.78, 5) is 46.1. The molecular formula is C50H43F6NO9. The molecule has 1 amide bonds. The van der Waals surface area contributed by atoms with Crippen LogP contribution in [0.2, 0.25) is 0 Å². The predicted molar refractivity (Wildman–Crippen MR) is 231 cm³/mol. The van der Waals surface area contributed by atoms with Crippen molar-refractivity contribution >= 4 is 23.8 Å². The number of amides is 1. The zero-order valence-corrected chi connectivity index (χ0v) is 35.4. The van der Waals surface area contributed by atoms with E-state index in [2.05, 4.69) is 9.47 Å². The quantitative estimate of drug-likeness (QED) is 0.0714. The Kier molecular flexibility index (Phi) is 16.7. The molecule has 0 aliphatic carbocycles. The van der Waals surface area contributed by atoms with E-state index >= 15 is 0 Å². The van der Waals surface area contributed by atoms with Gasteiger partial charge in [-0.25, -0.2) is 0 Å². The third-order valence-corrected chi connectivity index (χ3v) is 10.2. The SMILES string of the molecule is COC(=O)C[C@H](C(=O)O)c1ccc(OCc2cccc(-c3ccc(C(F)(F)F)cc3)c2)cc1.COC(=O)C[C@H](C(N)=O)c1ccc(OCc2cccc(-c3ccc(C(F)(F)F)cc3)c2)cc1. The first-order valence-electron chi connectivity index (χ1n) is 20.0. The first kappa shape index (κ1) is 49.4. The van der Waals surface area contributed by atoms with E-state index in [0.29, 0.717) is 33.8 Å². The number of carbonyl (C=O) groups is 4. The number of aliphatic carboxylic acids is 1. The molecule has 0 aliphatic heterocycles. The summed E-state index contributed by atoms with van der Waals surface area (Å²) >= 11 is 0. The molecule has 10 nitrogen and oxygen atoms in total. The summed E-state index contributed by atoms with van der Waals surface area (Å²) in [5, 5.41) is 9.37. The van der Waals surface area contributed by atoms with Gasteiger partial charge in [0.15, 0.2) is 0 Å². The van der Waals surface area contributed by atoms with E-state index in [1.54, 1.807) is 66.7 Å². The van der Waals surface area contributed by atoms with Crippen LogP contribution in [0.15, 0.2) is 146 Å². The van der Waals surface area contributed by atoms with Crippen LogP contribution in [0.1, 0.15) is 58.1 Å². The Labute approximate surface area is 375 Å². The molecule has 0 radical (unpaired) electrons. The number of nitrogens with two attached hydrogens (primary N) is 1. The summed E-state index contributed by atoms with van der Waals surface area (Å²) < 4.78 is 97.3. The molecule has 0 spiro atoms. The van der Waals surface area contributed by atoms with Gasteiger partial charge < -0.3 is 29.8 Å². The Morgan fingerprint density at radius 1 is 0.515 bits per heavy atom. The lowest BCUT2D eigenvalue weighted by atomic mass is 9.95. The standard InChI is InChI=1S/C25H22F3NO4.C25H21F3O5/c1-32-23(30)14-22(24(29)31)18-7-11-21(12-8-18)33-15-16-3-2-4-19(13-16)17-5-9-20(10-6-17)25(26,27)28;1-32-23(29)14-22(24(30)31)18-7-11-21(12-8-18)33-15-16-3-2-4-19(13-16)17-5-9-20(10-6-17)25(26,27)28/h2-13,22H,14-15H2,1H3,(H2,29,31);2-13,22H,14-15H2,1H3,(H,30,31)/t2*22-/m00/s1. The van der Waals surface area contributed by atoms with Gasteiger partial charge in [-0.15, -0.1) is 0 Å². The van der Waals surface area contributed by atoms with Crippen molar-refractivity contribution in [1.82, 2.24) is 0 Å². The lowest BCUT2D eigenvalue weighted by Crippen LogP contribution is -2.24. The van der Waals surface area contributed by atoms with Crippen LogP contribution in [0.3, 0.4) is 0 Å². The number of methoxy groups -OCH3 is 2. The molecule has 0 heterocycles. The molecule has 3 N–H and O–H groups in total. The monoisotopic (exact) mass is 915 g/mol. The van der Waals surface area contributed by atoms with Crippen LogP contribution in [0.5, 0.6) is 11.5 Å². The first-order chi connectivity index (χ1) is 31.3. The van der Waals surface area contributed by atoms with Crippen molar-refractivity contribution in [2.24, 2.45) is 5.73 Å². The molecule has 0 saturated heterocycles. The van der Waals surface area contributed by atoms with Gasteiger partial charge in [-0.3, -0.25) is 19.2 Å². The number of rotatable bonds is 16. The number of carboxylic acids is 1. The van der Waals surface area contributed by atoms with Crippen LogP contribution in [0, 0.1) is 0 Å². The fraction of sp³-hybridized carbons (Fsp3) is 0.200. The highest BCUT2D eigenvalue weighted by atomic mass is 19.4. The molecule has 2 atom stereocenters. The maximum Gasteiger partial charge on any atom is 0.416 e. The van der Waals surface area contributed by atoms with Crippen molar-refractivity contribution in [3.8, 4) is 33.8 Å². The fourth-order valence-electron chi connectivity index (χ4n) is 6.54. The van der Waals surface area contributed by atoms with E-state index in [4.69, 9.17) is 15.2 Å². The zero-order valence-electron chi connectivity index (χ0n) is 35.4. The maximum absolute atomic E-state index is 12.8. The van der Waals surface area contributed by atoms with E-state index in [9.17, 15) is 50.6 Å². The largest absolute Gasteiger partial charge is 0.489 e. The van der Waals surface area contributed by atoms with Crippen molar-refractivity contribution < 1.29 is 69.6 Å². The zero-order chi connectivity index (χ0) is 48.0. The Morgan fingerprint density at radius 3 is 1.21 bits per heavy atom. The summed E-state index contributed by atoms with van der Waals surface area (Å²) in [6.07, 6.45) is -9.18. The summed E-state index contributed by atoms with van der Waals surface area (Å²) in [6.45, 7) is 0.438. The lowest BCUT2D eigenvalue weighted by Gasteiger charge is -2.14. The second-order valence-corrected chi connectivity index (χ2v) is 14.7. The normalized spacial score (nSPS) is 12.1. The minimum atomic E-state index is -4.38. The summed E-state index contributed by atoms with van der Waals surface area (Å²) in [5.41, 5.74) is 9.51. The van der Waals surface area contributed by atoms with Crippen LogP contribution in [-0.4, -0.2) is 43.1 Å². The minimum Gasteiger partial charge on any atom is -0.489 e. The second kappa shape index (κ2) is 22.3. The van der Waals surface area contributed by atoms with Crippen molar-refractivity contribution in [3.05, 3.63) is 179 Å². The minimum absolute atomic E-state index is 0.150. The highest BCUT2D eigenvalue weighted by molar-refractivity contribution is 5.87. The molecule has 0 aromatic heterocycles. The molecular weight excluding hydrogens is 873 g/mol. The number of hydrogen-bond acceptors (Lipinski definition) is 8. The van der Waals surface area contributed by atoms with Gasteiger partial charge in [-0.05, 0) is 105 Å². The number of primary amides is 1. The predicted octanol–water partition coefficient (Wildman–Crippen LogP) is 10.8. The molecule has 0 unspecified atom stereocenters. The van der Waals surface area contributed by atoms with Crippen molar-refractivity contribution in [2.75, 3.05) is 14.2 Å². The molecule has 344 valence electrons. The summed E-state index contributed by atoms with van der Waals surface area (Å²) in [7, 11) is 2.44. The molecule has 0 aliphatic rings. The van der Waals surface area contributed by atoms with Crippen LogP contribution < -0.4 is 15.2 Å². The Balaban J connectivity index is 0.000000247. The number of esters is 2. The third-order valence-electron chi connectivity index (χ3n) is 10.2. The number of hydrogen-bond donors (Lipinski definition) is 2. The topological polar surface area (TPSA) is 151 Å². The molecule has 66 heavy (non-hydrogen) atoms. The number of carboxylic acid groups (broad SMARTS) is 1. The molecule has 0 saturated carbocycles. The van der Waals surface area contributed by atoms with E-state index in [1.807, 2.05) is 30.3 Å². The van der Waals surface area contributed by atoms with Gasteiger partial charge in [0.2, 0.25) is 5.91 Å².